The maximum absolute atomic E-state index is 12.0. The molecule has 20 heavy (non-hydrogen) atoms. The van der Waals surface area contributed by atoms with Crippen molar-refractivity contribution >= 4 is 28.9 Å². The van der Waals surface area contributed by atoms with Gasteiger partial charge >= 0.3 is 0 Å². The van der Waals surface area contributed by atoms with Crippen LogP contribution in [0.2, 0.25) is 5.02 Å². The minimum Gasteiger partial charge on any atom is -0.367 e. The lowest BCUT2D eigenvalue weighted by molar-refractivity contribution is -0.384. The molecular formula is C13H18ClN3O3. The van der Waals surface area contributed by atoms with E-state index in [2.05, 4.69) is 10.6 Å². The highest BCUT2D eigenvalue weighted by Gasteiger charge is 2.23. The van der Waals surface area contributed by atoms with Gasteiger partial charge in [-0.2, -0.15) is 0 Å². The smallest absolute Gasteiger partial charge is 0.293 e. The zero-order chi connectivity index (χ0) is 15.5. The summed E-state index contributed by atoms with van der Waals surface area (Å²) in [5.74, 6) is -0.258. The molecule has 0 aliphatic carbocycles. The number of nitrogens with zero attached hydrogens (tertiary/aromatic N) is 1. The fraction of sp³-hybridized carbons (Fsp3) is 0.462. The third kappa shape index (κ3) is 4.38. The van der Waals surface area contributed by atoms with E-state index in [-0.39, 0.29) is 27.8 Å². The van der Waals surface area contributed by atoms with Gasteiger partial charge in [-0.15, -0.1) is 0 Å². The first-order valence-electron chi connectivity index (χ1n) is 6.13. The van der Waals surface area contributed by atoms with Crippen LogP contribution >= 0.6 is 11.6 Å². The quantitative estimate of drug-likeness (QED) is 0.661. The van der Waals surface area contributed by atoms with Crippen LogP contribution in [0.4, 0.5) is 11.4 Å². The summed E-state index contributed by atoms with van der Waals surface area (Å²) in [6.45, 7) is 7.19. The molecule has 1 atom stereocenters. The summed E-state index contributed by atoms with van der Waals surface area (Å²) in [6, 6.07) is 3.71. The van der Waals surface area contributed by atoms with Gasteiger partial charge in [-0.3, -0.25) is 14.9 Å². The first kappa shape index (κ1) is 16.2. The van der Waals surface area contributed by atoms with E-state index >= 15 is 0 Å². The molecule has 1 aromatic carbocycles. The number of carbonyl (C=O) groups is 1. The van der Waals surface area contributed by atoms with Gasteiger partial charge in [-0.05, 0) is 33.8 Å². The monoisotopic (exact) mass is 299 g/mol. The Morgan fingerprint density at radius 3 is 2.50 bits per heavy atom. The van der Waals surface area contributed by atoms with E-state index in [1.807, 2.05) is 20.8 Å². The third-order valence-corrected chi connectivity index (χ3v) is 2.76. The normalized spacial score (nSPS) is 12.7. The van der Waals surface area contributed by atoms with Crippen molar-refractivity contribution in [2.75, 3.05) is 5.32 Å². The van der Waals surface area contributed by atoms with Crippen molar-refractivity contribution < 1.29 is 9.72 Å². The van der Waals surface area contributed by atoms with Crippen LogP contribution in [0, 0.1) is 10.1 Å². The number of nitro groups is 1. The molecule has 0 saturated heterocycles. The topological polar surface area (TPSA) is 84.3 Å². The first-order valence-corrected chi connectivity index (χ1v) is 6.51. The van der Waals surface area contributed by atoms with Crippen LogP contribution in [-0.2, 0) is 4.79 Å². The van der Waals surface area contributed by atoms with Crippen LogP contribution in [0.15, 0.2) is 18.2 Å². The summed E-state index contributed by atoms with van der Waals surface area (Å²) in [4.78, 5) is 22.4. The molecule has 110 valence electrons. The molecule has 1 amide bonds. The largest absolute Gasteiger partial charge is 0.367 e. The minimum atomic E-state index is -0.646. The van der Waals surface area contributed by atoms with E-state index in [1.54, 1.807) is 6.92 Å². The lowest BCUT2D eigenvalue weighted by atomic mass is 10.1. The minimum absolute atomic E-state index is 0.149. The fourth-order valence-corrected chi connectivity index (χ4v) is 1.79. The molecule has 1 rings (SSSR count). The number of halogens is 1. The number of carbonyl (C=O) groups excluding carboxylic acids is 1. The Hall–Kier alpha value is -1.82. The van der Waals surface area contributed by atoms with Crippen molar-refractivity contribution in [3.05, 3.63) is 33.3 Å². The van der Waals surface area contributed by atoms with E-state index in [1.165, 1.54) is 18.2 Å². The standard InChI is InChI=1S/C13H18ClN3O3/c1-8(12(18)16-13(2,3)4)15-11-9(14)6-5-7-10(11)17(19)20/h5-8,15H,1-4H3,(H,16,18). The second-order valence-electron chi connectivity index (χ2n) is 5.50. The maximum Gasteiger partial charge on any atom is 0.293 e. The van der Waals surface area contributed by atoms with Gasteiger partial charge in [0.1, 0.15) is 11.7 Å². The number of hydrogen-bond donors (Lipinski definition) is 2. The van der Waals surface area contributed by atoms with Gasteiger partial charge in [0.05, 0.1) is 9.95 Å². The number of anilines is 1. The highest BCUT2D eigenvalue weighted by molar-refractivity contribution is 6.33. The summed E-state index contributed by atoms with van der Waals surface area (Å²) in [6.07, 6.45) is 0. The average Bonchev–Trinajstić information content (AvgIpc) is 2.28. The number of benzene rings is 1. The van der Waals surface area contributed by atoms with Gasteiger partial charge in [0.25, 0.3) is 5.69 Å². The van der Waals surface area contributed by atoms with Crippen LogP contribution in [0.1, 0.15) is 27.7 Å². The Bertz CT molecular complexity index is 526. The molecule has 6 nitrogen and oxygen atoms in total. The van der Waals surface area contributed by atoms with Crippen molar-refractivity contribution in [2.24, 2.45) is 0 Å². The molecule has 0 saturated carbocycles. The highest BCUT2D eigenvalue weighted by Crippen LogP contribution is 2.32. The van der Waals surface area contributed by atoms with Crippen LogP contribution in [0.25, 0.3) is 0 Å². The third-order valence-electron chi connectivity index (χ3n) is 2.44. The summed E-state index contributed by atoms with van der Waals surface area (Å²) in [7, 11) is 0. The molecule has 0 spiro atoms. The predicted octanol–water partition coefficient (Wildman–Crippen LogP) is 2.96. The van der Waals surface area contributed by atoms with Gasteiger partial charge in [-0.25, -0.2) is 0 Å². The second kappa shape index (κ2) is 6.09. The maximum atomic E-state index is 12.0. The molecule has 1 unspecified atom stereocenters. The number of hydrogen-bond acceptors (Lipinski definition) is 4. The van der Waals surface area contributed by atoms with Crippen molar-refractivity contribution in [3.63, 3.8) is 0 Å². The van der Waals surface area contributed by atoms with Gasteiger partial charge in [0.2, 0.25) is 5.91 Å². The van der Waals surface area contributed by atoms with Crippen molar-refractivity contribution in [1.29, 1.82) is 0 Å². The molecule has 0 radical (unpaired) electrons. The van der Waals surface area contributed by atoms with Crippen molar-refractivity contribution in [1.82, 2.24) is 5.32 Å². The summed E-state index contributed by atoms with van der Waals surface area (Å²) in [5, 5.41) is 16.8. The van der Waals surface area contributed by atoms with Gasteiger partial charge in [-0.1, -0.05) is 17.7 Å². The Labute approximate surface area is 122 Å². The molecule has 0 aliphatic heterocycles. The van der Waals surface area contributed by atoms with Crippen LogP contribution in [0.3, 0.4) is 0 Å². The van der Waals surface area contributed by atoms with Crippen LogP contribution in [0.5, 0.6) is 0 Å². The molecule has 0 bridgehead atoms. The first-order chi connectivity index (χ1) is 9.11. The molecular weight excluding hydrogens is 282 g/mol. The van der Waals surface area contributed by atoms with Crippen molar-refractivity contribution in [3.8, 4) is 0 Å². The molecule has 1 aromatic rings. The number of nitro benzene ring substituents is 1. The van der Waals surface area contributed by atoms with Gasteiger partial charge < -0.3 is 10.6 Å². The average molecular weight is 300 g/mol. The van der Waals surface area contributed by atoms with E-state index in [9.17, 15) is 14.9 Å². The highest BCUT2D eigenvalue weighted by atomic mass is 35.5. The van der Waals surface area contributed by atoms with Crippen LogP contribution < -0.4 is 10.6 Å². The summed E-state index contributed by atoms with van der Waals surface area (Å²) < 4.78 is 0. The Kier molecular flexibility index (Phi) is 4.94. The Balaban J connectivity index is 2.93. The fourth-order valence-electron chi connectivity index (χ4n) is 1.57. The number of rotatable bonds is 4. The lowest BCUT2D eigenvalue weighted by Crippen LogP contribution is -2.47. The number of nitrogens with one attached hydrogen (secondary N) is 2. The molecule has 0 aliphatic rings. The zero-order valence-electron chi connectivity index (χ0n) is 11.9. The van der Waals surface area contributed by atoms with E-state index in [0.29, 0.717) is 0 Å². The van der Waals surface area contributed by atoms with E-state index in [0.717, 1.165) is 0 Å². The predicted molar refractivity (Wildman–Crippen MR) is 79.1 cm³/mol. The molecule has 0 heterocycles. The number of para-hydroxylation sites is 1. The Morgan fingerprint density at radius 1 is 1.40 bits per heavy atom. The summed E-state index contributed by atoms with van der Waals surface area (Å²) in [5.41, 5.74) is -0.386. The lowest BCUT2D eigenvalue weighted by Gasteiger charge is -2.24. The van der Waals surface area contributed by atoms with Crippen molar-refractivity contribution in [2.45, 2.75) is 39.3 Å². The molecule has 0 aromatic heterocycles. The van der Waals surface area contributed by atoms with Gasteiger partial charge in [0, 0.05) is 11.6 Å². The van der Waals surface area contributed by atoms with Gasteiger partial charge in [0.15, 0.2) is 0 Å². The number of amides is 1. The van der Waals surface area contributed by atoms with Crippen LogP contribution in [-0.4, -0.2) is 22.4 Å². The van der Waals surface area contributed by atoms with E-state index < -0.39 is 11.0 Å². The Morgan fingerprint density at radius 2 is 2.00 bits per heavy atom. The second-order valence-corrected chi connectivity index (χ2v) is 5.90. The van der Waals surface area contributed by atoms with E-state index in [4.69, 9.17) is 11.6 Å². The molecule has 0 fully saturated rings. The molecule has 2 N–H and O–H groups in total. The SMILES string of the molecule is CC(Nc1c(Cl)cccc1[N+](=O)[O-])C(=O)NC(C)(C)C. The molecule has 7 heteroatoms. The zero-order valence-corrected chi connectivity index (χ0v) is 12.6. The summed E-state index contributed by atoms with van der Waals surface area (Å²) >= 11 is 5.96.